The van der Waals surface area contributed by atoms with Gasteiger partial charge in [-0.05, 0) is 49.2 Å². The van der Waals surface area contributed by atoms with Crippen LogP contribution in [-0.2, 0) is 11.2 Å². The van der Waals surface area contributed by atoms with Crippen molar-refractivity contribution in [2.24, 2.45) is 0 Å². The van der Waals surface area contributed by atoms with Crippen LogP contribution in [0.3, 0.4) is 0 Å². The second-order valence-corrected chi connectivity index (χ2v) is 6.29. The molecule has 0 bridgehead atoms. The van der Waals surface area contributed by atoms with Crippen molar-refractivity contribution < 1.29 is 14.3 Å². The topological polar surface area (TPSA) is 77.3 Å². The van der Waals surface area contributed by atoms with E-state index in [4.69, 9.17) is 4.74 Å². The second-order valence-electron chi connectivity index (χ2n) is 6.29. The number of pyridine rings is 1. The first-order chi connectivity index (χ1) is 13.1. The number of anilines is 1. The Bertz CT molecular complexity index is 1030. The van der Waals surface area contributed by atoms with E-state index in [1.54, 1.807) is 40.2 Å². The molecule has 3 heterocycles. The highest BCUT2D eigenvalue weighted by Gasteiger charge is 2.28. The first kappa shape index (κ1) is 17.0. The van der Waals surface area contributed by atoms with Crippen molar-refractivity contribution in [3.8, 4) is 5.82 Å². The third-order valence-electron chi connectivity index (χ3n) is 4.75. The quantitative estimate of drug-likeness (QED) is 0.669. The third kappa shape index (κ3) is 2.87. The molecule has 0 radical (unpaired) electrons. The van der Waals surface area contributed by atoms with E-state index in [9.17, 15) is 9.59 Å². The fourth-order valence-electron chi connectivity index (χ4n) is 3.33. The van der Waals surface area contributed by atoms with E-state index in [2.05, 4.69) is 10.1 Å². The number of fused-ring (bicyclic) bond motifs is 1. The summed E-state index contributed by atoms with van der Waals surface area (Å²) in [6, 6.07) is 10.8. The van der Waals surface area contributed by atoms with Gasteiger partial charge in [-0.2, -0.15) is 5.10 Å². The van der Waals surface area contributed by atoms with Gasteiger partial charge in [0.1, 0.15) is 0 Å². The molecule has 0 N–H and O–H groups in total. The molecule has 1 aliphatic heterocycles. The number of aromatic nitrogens is 3. The maximum Gasteiger partial charge on any atom is 0.337 e. The maximum atomic E-state index is 13.1. The van der Waals surface area contributed by atoms with Gasteiger partial charge >= 0.3 is 5.97 Å². The van der Waals surface area contributed by atoms with Gasteiger partial charge in [0.25, 0.3) is 5.91 Å². The second kappa shape index (κ2) is 6.68. The van der Waals surface area contributed by atoms with Gasteiger partial charge < -0.3 is 9.64 Å². The minimum atomic E-state index is -0.380. The Labute approximate surface area is 156 Å². The highest BCUT2D eigenvalue weighted by atomic mass is 16.5. The monoisotopic (exact) mass is 362 g/mol. The van der Waals surface area contributed by atoms with E-state index < -0.39 is 0 Å². The summed E-state index contributed by atoms with van der Waals surface area (Å²) in [6.45, 7) is 2.42. The smallest absolute Gasteiger partial charge is 0.337 e. The molecule has 0 saturated heterocycles. The summed E-state index contributed by atoms with van der Waals surface area (Å²) in [7, 11) is 1.35. The van der Waals surface area contributed by atoms with Crippen molar-refractivity contribution in [3.05, 3.63) is 71.2 Å². The minimum Gasteiger partial charge on any atom is -0.465 e. The summed E-state index contributed by atoms with van der Waals surface area (Å²) in [4.78, 5) is 30.8. The van der Waals surface area contributed by atoms with Gasteiger partial charge in [-0.3, -0.25) is 4.79 Å². The highest BCUT2D eigenvalue weighted by molar-refractivity contribution is 6.08. The lowest BCUT2D eigenvalue weighted by atomic mass is 10.1. The van der Waals surface area contributed by atoms with Crippen LogP contribution in [0.25, 0.3) is 5.82 Å². The van der Waals surface area contributed by atoms with Gasteiger partial charge in [-0.25, -0.2) is 14.5 Å². The molecule has 7 heteroatoms. The summed E-state index contributed by atoms with van der Waals surface area (Å²) in [6.07, 6.45) is 3.96. The molecule has 0 unspecified atom stereocenters. The molecule has 1 amide bonds. The summed E-state index contributed by atoms with van der Waals surface area (Å²) in [5, 5.41) is 4.33. The molecule has 136 valence electrons. The molecule has 0 fully saturated rings. The lowest BCUT2D eigenvalue weighted by Crippen LogP contribution is -2.29. The fourth-order valence-corrected chi connectivity index (χ4v) is 3.33. The van der Waals surface area contributed by atoms with Gasteiger partial charge in [0.2, 0.25) is 0 Å². The number of rotatable bonds is 3. The molecule has 27 heavy (non-hydrogen) atoms. The molecular weight excluding hydrogens is 344 g/mol. The van der Waals surface area contributed by atoms with Crippen LogP contribution >= 0.6 is 0 Å². The average molecular weight is 362 g/mol. The number of esters is 1. The van der Waals surface area contributed by atoms with Crippen LogP contribution < -0.4 is 4.90 Å². The summed E-state index contributed by atoms with van der Waals surface area (Å²) < 4.78 is 6.42. The maximum absolute atomic E-state index is 13.1. The van der Waals surface area contributed by atoms with E-state index in [-0.39, 0.29) is 11.9 Å². The number of hydrogen-bond donors (Lipinski definition) is 0. The van der Waals surface area contributed by atoms with E-state index in [0.717, 1.165) is 16.9 Å². The normalized spacial score (nSPS) is 12.7. The Kier molecular flexibility index (Phi) is 4.19. The number of hydrogen-bond acceptors (Lipinski definition) is 5. The van der Waals surface area contributed by atoms with E-state index in [1.807, 2.05) is 25.1 Å². The number of carbonyl (C=O) groups excluding carboxylic acids is 2. The predicted molar refractivity (Wildman–Crippen MR) is 99.3 cm³/mol. The first-order valence-corrected chi connectivity index (χ1v) is 8.59. The van der Waals surface area contributed by atoms with E-state index >= 15 is 0 Å². The molecular formula is C20H18N4O3. The number of nitrogens with zero attached hydrogens (tertiary/aromatic N) is 4. The van der Waals surface area contributed by atoms with Gasteiger partial charge in [0.05, 0.1) is 30.1 Å². The highest BCUT2D eigenvalue weighted by Crippen LogP contribution is 2.31. The van der Waals surface area contributed by atoms with E-state index in [0.29, 0.717) is 29.9 Å². The van der Waals surface area contributed by atoms with Crippen molar-refractivity contribution in [1.29, 1.82) is 0 Å². The van der Waals surface area contributed by atoms with Gasteiger partial charge in [-0.1, -0.05) is 6.07 Å². The van der Waals surface area contributed by atoms with Crippen LogP contribution in [0.5, 0.6) is 0 Å². The van der Waals surface area contributed by atoms with Crippen LogP contribution in [0, 0.1) is 6.92 Å². The zero-order chi connectivity index (χ0) is 19.0. The Morgan fingerprint density at radius 3 is 2.78 bits per heavy atom. The van der Waals surface area contributed by atoms with Gasteiger partial charge in [-0.15, -0.1) is 0 Å². The molecule has 1 aliphatic rings. The van der Waals surface area contributed by atoms with Crippen LogP contribution in [0.15, 0.2) is 48.8 Å². The number of ether oxygens (including phenoxy) is 1. The summed E-state index contributed by atoms with van der Waals surface area (Å²) in [5.74, 6) is 0.174. The summed E-state index contributed by atoms with van der Waals surface area (Å²) in [5.41, 5.74) is 3.53. The minimum absolute atomic E-state index is 0.112. The lowest BCUT2D eigenvalue weighted by Gasteiger charge is -2.17. The SMILES string of the molecule is COC(=O)c1ccc2c(c1)CCN2C(=O)c1cnn(-c2ccccn2)c1C. The Morgan fingerprint density at radius 2 is 2.04 bits per heavy atom. The number of amides is 1. The van der Waals surface area contributed by atoms with Crippen LogP contribution in [-0.4, -0.2) is 40.3 Å². The zero-order valence-electron chi connectivity index (χ0n) is 15.0. The third-order valence-corrected chi connectivity index (χ3v) is 4.75. The number of carbonyl (C=O) groups is 2. The van der Waals surface area contributed by atoms with Crippen molar-refractivity contribution >= 4 is 17.6 Å². The van der Waals surface area contributed by atoms with E-state index in [1.165, 1.54) is 7.11 Å². The van der Waals surface area contributed by atoms with Gasteiger partial charge in [0.15, 0.2) is 5.82 Å². The molecule has 0 aliphatic carbocycles. The molecule has 7 nitrogen and oxygen atoms in total. The molecule has 0 saturated carbocycles. The first-order valence-electron chi connectivity index (χ1n) is 8.59. The van der Waals surface area contributed by atoms with Gasteiger partial charge in [0, 0.05) is 18.4 Å². The molecule has 1 aromatic carbocycles. The lowest BCUT2D eigenvalue weighted by molar-refractivity contribution is 0.0600. The van der Waals surface area contributed by atoms with Crippen molar-refractivity contribution in [3.63, 3.8) is 0 Å². The molecule has 3 aromatic rings. The molecule has 4 rings (SSSR count). The Morgan fingerprint density at radius 1 is 1.19 bits per heavy atom. The largest absolute Gasteiger partial charge is 0.465 e. The molecule has 2 aromatic heterocycles. The number of methoxy groups -OCH3 is 1. The number of benzene rings is 1. The van der Waals surface area contributed by atoms with Crippen LogP contribution in [0.4, 0.5) is 5.69 Å². The van der Waals surface area contributed by atoms with Crippen molar-refractivity contribution in [2.45, 2.75) is 13.3 Å². The average Bonchev–Trinajstić information content (AvgIpc) is 3.30. The Hall–Kier alpha value is -3.48. The van der Waals surface area contributed by atoms with Crippen LogP contribution in [0.1, 0.15) is 32.0 Å². The molecule has 0 atom stereocenters. The molecule has 0 spiro atoms. The summed E-state index contributed by atoms with van der Waals surface area (Å²) >= 11 is 0. The fraction of sp³-hybridized carbons (Fsp3) is 0.200. The van der Waals surface area contributed by atoms with Crippen LogP contribution in [0.2, 0.25) is 0 Å². The predicted octanol–water partition coefficient (Wildman–Crippen LogP) is 2.57. The Balaban J connectivity index is 1.65. The standard InChI is InChI=1S/C20H18N4O3/c1-13-16(12-22-24(13)18-5-3-4-9-21-18)19(25)23-10-8-14-11-15(20(26)27-2)6-7-17(14)23/h3-7,9,11-12H,8,10H2,1-2H3. The zero-order valence-corrected chi connectivity index (χ0v) is 15.0. The van der Waals surface area contributed by atoms with Crippen molar-refractivity contribution in [2.75, 3.05) is 18.6 Å². The van der Waals surface area contributed by atoms with Crippen molar-refractivity contribution in [1.82, 2.24) is 14.8 Å².